The number of Topliss-reactive ketones (excluding diaryl/α,β-unsaturated/α-hetero) is 1. The topological polar surface area (TPSA) is 102 Å². The first kappa shape index (κ1) is 13.0. The van der Waals surface area contributed by atoms with Crippen molar-refractivity contribution in [2.75, 3.05) is 18.6 Å². The number of hydrogen-bond acceptors (Lipinski definition) is 5. The van der Waals surface area contributed by atoms with Crippen LogP contribution in [0, 0.1) is 0 Å². The Morgan fingerprint density at radius 1 is 1.42 bits per heavy atom. The van der Waals surface area contributed by atoms with Crippen LogP contribution < -0.4 is 20.9 Å². The SMILES string of the molecule is COc1ccc2c(c1)N(CCC(=O)NN)C(=O)C2=O. The van der Waals surface area contributed by atoms with Gasteiger partial charge in [0.15, 0.2) is 0 Å². The Hall–Kier alpha value is -2.41. The number of fused-ring (bicyclic) bond motifs is 1. The number of hydrazine groups is 1. The molecule has 0 radical (unpaired) electrons. The van der Waals surface area contributed by atoms with Crippen molar-refractivity contribution in [3.05, 3.63) is 23.8 Å². The van der Waals surface area contributed by atoms with Crippen molar-refractivity contribution in [1.29, 1.82) is 0 Å². The molecule has 0 spiro atoms. The molecule has 0 atom stereocenters. The Morgan fingerprint density at radius 2 is 2.16 bits per heavy atom. The summed E-state index contributed by atoms with van der Waals surface area (Å²) in [7, 11) is 1.49. The Labute approximate surface area is 109 Å². The van der Waals surface area contributed by atoms with Gasteiger partial charge in [0.05, 0.1) is 18.4 Å². The molecular weight excluding hydrogens is 250 g/mol. The molecule has 7 nitrogen and oxygen atoms in total. The number of nitrogens with two attached hydrogens (primary N) is 1. The summed E-state index contributed by atoms with van der Waals surface area (Å²) in [4.78, 5) is 36.0. The number of ketones is 1. The highest BCUT2D eigenvalue weighted by Crippen LogP contribution is 2.32. The van der Waals surface area contributed by atoms with E-state index in [2.05, 4.69) is 0 Å². The number of methoxy groups -OCH3 is 1. The monoisotopic (exact) mass is 263 g/mol. The molecule has 0 aliphatic carbocycles. The summed E-state index contributed by atoms with van der Waals surface area (Å²) in [6.45, 7) is 0.0910. The van der Waals surface area contributed by atoms with Crippen molar-refractivity contribution in [2.45, 2.75) is 6.42 Å². The van der Waals surface area contributed by atoms with Gasteiger partial charge in [0.1, 0.15) is 5.75 Å². The summed E-state index contributed by atoms with van der Waals surface area (Å²) >= 11 is 0. The third kappa shape index (κ3) is 2.27. The fourth-order valence-corrected chi connectivity index (χ4v) is 1.91. The predicted molar refractivity (Wildman–Crippen MR) is 66.6 cm³/mol. The average molecular weight is 263 g/mol. The highest BCUT2D eigenvalue weighted by atomic mass is 16.5. The van der Waals surface area contributed by atoms with E-state index in [1.807, 2.05) is 5.43 Å². The molecule has 0 saturated carbocycles. The van der Waals surface area contributed by atoms with Crippen LogP contribution in [-0.2, 0) is 9.59 Å². The maximum absolute atomic E-state index is 11.8. The Balaban J connectivity index is 2.28. The molecule has 1 aliphatic heterocycles. The second-order valence-corrected chi connectivity index (χ2v) is 3.99. The molecule has 1 heterocycles. The lowest BCUT2D eigenvalue weighted by Gasteiger charge is -2.16. The van der Waals surface area contributed by atoms with Crippen molar-refractivity contribution < 1.29 is 19.1 Å². The fourth-order valence-electron chi connectivity index (χ4n) is 1.91. The molecule has 19 heavy (non-hydrogen) atoms. The van der Waals surface area contributed by atoms with Gasteiger partial charge in [-0.05, 0) is 12.1 Å². The van der Waals surface area contributed by atoms with Crippen LogP contribution in [0.25, 0.3) is 0 Å². The van der Waals surface area contributed by atoms with Crippen LogP contribution in [0.4, 0.5) is 5.69 Å². The summed E-state index contributed by atoms with van der Waals surface area (Å²) in [5.74, 6) is 3.88. The van der Waals surface area contributed by atoms with Crippen LogP contribution in [0.5, 0.6) is 5.75 Å². The second kappa shape index (κ2) is 5.07. The maximum atomic E-state index is 11.8. The van der Waals surface area contributed by atoms with Gasteiger partial charge >= 0.3 is 0 Å². The van der Waals surface area contributed by atoms with Crippen LogP contribution in [0.15, 0.2) is 18.2 Å². The van der Waals surface area contributed by atoms with E-state index in [-0.39, 0.29) is 13.0 Å². The molecule has 100 valence electrons. The van der Waals surface area contributed by atoms with E-state index < -0.39 is 17.6 Å². The standard InChI is InChI=1S/C12H13N3O4/c1-19-7-2-3-8-9(6-7)15(12(18)11(8)17)5-4-10(16)14-13/h2-3,6H,4-5,13H2,1H3,(H,14,16). The molecule has 0 fully saturated rings. The third-order valence-electron chi connectivity index (χ3n) is 2.90. The number of rotatable bonds is 4. The van der Waals surface area contributed by atoms with E-state index in [4.69, 9.17) is 10.6 Å². The summed E-state index contributed by atoms with van der Waals surface area (Å²) in [5.41, 5.74) is 2.75. The van der Waals surface area contributed by atoms with Gasteiger partial charge in [-0.3, -0.25) is 19.8 Å². The number of hydrogen-bond donors (Lipinski definition) is 2. The zero-order valence-corrected chi connectivity index (χ0v) is 10.3. The average Bonchev–Trinajstić information content (AvgIpc) is 2.68. The number of ether oxygens (including phenoxy) is 1. The van der Waals surface area contributed by atoms with Gasteiger partial charge in [-0.1, -0.05) is 0 Å². The molecule has 1 aromatic carbocycles. The van der Waals surface area contributed by atoms with E-state index in [1.54, 1.807) is 12.1 Å². The highest BCUT2D eigenvalue weighted by molar-refractivity contribution is 6.52. The van der Waals surface area contributed by atoms with Crippen molar-refractivity contribution in [2.24, 2.45) is 5.84 Å². The zero-order chi connectivity index (χ0) is 14.0. The number of amides is 2. The number of nitrogens with one attached hydrogen (secondary N) is 1. The molecule has 7 heteroatoms. The normalized spacial score (nSPS) is 13.5. The summed E-state index contributed by atoms with van der Waals surface area (Å²) in [6.07, 6.45) is 0.0200. The maximum Gasteiger partial charge on any atom is 0.299 e. The molecule has 0 bridgehead atoms. The highest BCUT2D eigenvalue weighted by Gasteiger charge is 2.35. The molecule has 0 aromatic heterocycles. The van der Waals surface area contributed by atoms with E-state index >= 15 is 0 Å². The van der Waals surface area contributed by atoms with Crippen molar-refractivity contribution in [3.63, 3.8) is 0 Å². The lowest BCUT2D eigenvalue weighted by atomic mass is 10.1. The number of anilines is 1. The van der Waals surface area contributed by atoms with Crippen LogP contribution >= 0.6 is 0 Å². The minimum atomic E-state index is -0.645. The van der Waals surface area contributed by atoms with Crippen LogP contribution in [0.1, 0.15) is 16.8 Å². The molecule has 3 N–H and O–H groups in total. The van der Waals surface area contributed by atoms with E-state index in [0.717, 1.165) is 0 Å². The number of carbonyl (C=O) groups is 3. The molecule has 1 aromatic rings. The van der Waals surface area contributed by atoms with Gasteiger partial charge in [0.2, 0.25) is 5.91 Å². The van der Waals surface area contributed by atoms with Gasteiger partial charge in [-0.2, -0.15) is 0 Å². The number of carbonyl (C=O) groups excluding carboxylic acids is 3. The van der Waals surface area contributed by atoms with Crippen molar-refractivity contribution in [3.8, 4) is 5.75 Å². The van der Waals surface area contributed by atoms with Gasteiger partial charge in [-0.15, -0.1) is 0 Å². The summed E-state index contributed by atoms with van der Waals surface area (Å²) in [6, 6.07) is 4.75. The number of nitrogens with zero attached hydrogens (tertiary/aromatic N) is 1. The van der Waals surface area contributed by atoms with E-state index in [0.29, 0.717) is 17.0 Å². The van der Waals surface area contributed by atoms with Crippen molar-refractivity contribution >= 4 is 23.3 Å². The molecule has 0 saturated heterocycles. The quantitative estimate of drug-likeness (QED) is 0.333. The minimum absolute atomic E-state index is 0.0200. The molecule has 0 unspecified atom stereocenters. The summed E-state index contributed by atoms with van der Waals surface area (Å²) in [5, 5.41) is 0. The smallest absolute Gasteiger partial charge is 0.299 e. The second-order valence-electron chi connectivity index (χ2n) is 3.99. The Bertz CT molecular complexity index is 556. The number of benzene rings is 1. The minimum Gasteiger partial charge on any atom is -0.497 e. The largest absolute Gasteiger partial charge is 0.497 e. The predicted octanol–water partition coefficient (Wildman–Crippen LogP) is -0.396. The van der Waals surface area contributed by atoms with Gasteiger partial charge in [-0.25, -0.2) is 5.84 Å². The Kier molecular flexibility index (Phi) is 3.48. The molecule has 2 rings (SSSR count). The molecular formula is C12H13N3O4. The Morgan fingerprint density at radius 3 is 2.79 bits per heavy atom. The lowest BCUT2D eigenvalue weighted by molar-refractivity contribution is -0.121. The lowest BCUT2D eigenvalue weighted by Crippen LogP contribution is -2.36. The third-order valence-corrected chi connectivity index (χ3v) is 2.90. The van der Waals surface area contributed by atoms with Gasteiger partial charge < -0.3 is 9.64 Å². The van der Waals surface area contributed by atoms with E-state index in [9.17, 15) is 14.4 Å². The van der Waals surface area contributed by atoms with Crippen LogP contribution in [0.3, 0.4) is 0 Å². The van der Waals surface area contributed by atoms with E-state index in [1.165, 1.54) is 18.1 Å². The van der Waals surface area contributed by atoms with Crippen LogP contribution in [0.2, 0.25) is 0 Å². The first-order chi connectivity index (χ1) is 9.08. The fraction of sp³-hybridized carbons (Fsp3) is 0.250. The first-order valence-corrected chi connectivity index (χ1v) is 5.62. The summed E-state index contributed by atoms with van der Waals surface area (Å²) < 4.78 is 5.06. The van der Waals surface area contributed by atoms with Gasteiger partial charge in [0.25, 0.3) is 11.7 Å². The molecule has 1 aliphatic rings. The van der Waals surface area contributed by atoms with Crippen molar-refractivity contribution in [1.82, 2.24) is 5.43 Å². The van der Waals surface area contributed by atoms with Crippen LogP contribution in [-0.4, -0.2) is 31.3 Å². The first-order valence-electron chi connectivity index (χ1n) is 5.62. The zero-order valence-electron chi connectivity index (χ0n) is 10.3. The van der Waals surface area contributed by atoms with Gasteiger partial charge in [0, 0.05) is 19.0 Å². The molecule has 2 amide bonds.